The Morgan fingerprint density at radius 3 is 2.56 bits per heavy atom. The number of hydrogen-bond donors (Lipinski definition) is 1. The first-order chi connectivity index (χ1) is 13.0. The Morgan fingerprint density at radius 1 is 1.15 bits per heavy atom. The monoisotopic (exact) mass is 361 g/mol. The van der Waals surface area contributed by atoms with Crippen molar-refractivity contribution in [1.29, 1.82) is 5.26 Å². The Kier molecular flexibility index (Phi) is 5.32. The molecule has 0 fully saturated rings. The topological polar surface area (TPSA) is 78.8 Å². The molecule has 6 heteroatoms. The molecule has 0 aliphatic carbocycles. The molecule has 0 amide bonds. The summed E-state index contributed by atoms with van der Waals surface area (Å²) >= 11 is 0. The van der Waals surface area contributed by atoms with E-state index in [1.54, 1.807) is 12.1 Å². The van der Waals surface area contributed by atoms with Crippen LogP contribution in [-0.4, -0.2) is 23.1 Å². The second-order valence-corrected chi connectivity index (χ2v) is 6.43. The highest BCUT2D eigenvalue weighted by Gasteiger charge is 2.15. The van der Waals surface area contributed by atoms with Gasteiger partial charge in [0.1, 0.15) is 17.7 Å². The molecule has 1 heterocycles. The fourth-order valence-electron chi connectivity index (χ4n) is 2.86. The highest BCUT2D eigenvalue weighted by Crippen LogP contribution is 2.25. The number of nitrogens with two attached hydrogens (primary N) is 1. The van der Waals surface area contributed by atoms with Gasteiger partial charge in [0.05, 0.1) is 11.3 Å². The number of rotatable bonds is 5. The van der Waals surface area contributed by atoms with Crippen LogP contribution in [0.1, 0.15) is 18.1 Å². The zero-order valence-corrected chi connectivity index (χ0v) is 15.2. The SMILES string of the molecule is CC(Cc1ccccc1)N(C)c1cc(-c2ccc(C#N)c(F)c2)nc(N)n1. The van der Waals surface area contributed by atoms with Crippen LogP contribution < -0.4 is 10.6 Å². The summed E-state index contributed by atoms with van der Waals surface area (Å²) < 4.78 is 14.0. The highest BCUT2D eigenvalue weighted by molar-refractivity contribution is 5.65. The van der Waals surface area contributed by atoms with Crippen LogP contribution in [0.4, 0.5) is 16.2 Å². The molecule has 0 bridgehead atoms. The summed E-state index contributed by atoms with van der Waals surface area (Å²) in [5.74, 6) is 0.191. The number of anilines is 2. The van der Waals surface area contributed by atoms with E-state index in [1.165, 1.54) is 17.7 Å². The molecule has 3 aromatic rings. The summed E-state index contributed by atoms with van der Waals surface area (Å²) in [5, 5.41) is 8.88. The molecule has 2 aromatic carbocycles. The number of hydrogen-bond acceptors (Lipinski definition) is 5. The van der Waals surface area contributed by atoms with Gasteiger partial charge in [-0.2, -0.15) is 10.2 Å². The van der Waals surface area contributed by atoms with E-state index < -0.39 is 5.82 Å². The van der Waals surface area contributed by atoms with E-state index in [2.05, 4.69) is 29.0 Å². The second kappa shape index (κ2) is 7.83. The molecule has 0 spiro atoms. The molecular weight excluding hydrogens is 341 g/mol. The highest BCUT2D eigenvalue weighted by atomic mass is 19.1. The summed E-state index contributed by atoms with van der Waals surface area (Å²) in [6.45, 7) is 2.10. The Balaban J connectivity index is 1.88. The van der Waals surface area contributed by atoms with Crippen molar-refractivity contribution in [3.63, 3.8) is 0 Å². The zero-order chi connectivity index (χ0) is 19.4. The lowest BCUT2D eigenvalue weighted by atomic mass is 10.1. The maximum atomic E-state index is 14.0. The molecule has 27 heavy (non-hydrogen) atoms. The zero-order valence-electron chi connectivity index (χ0n) is 15.2. The van der Waals surface area contributed by atoms with Gasteiger partial charge in [0.25, 0.3) is 0 Å². The molecule has 0 aliphatic rings. The average Bonchev–Trinajstić information content (AvgIpc) is 2.67. The standard InChI is InChI=1S/C21H20FN5/c1-14(10-15-6-4-3-5-7-15)27(2)20-12-19(25-21(24)26-20)16-8-9-17(13-23)18(22)11-16/h3-9,11-12,14H,10H2,1-2H3,(H2,24,25,26). The van der Waals surface area contributed by atoms with E-state index in [9.17, 15) is 4.39 Å². The molecule has 2 N–H and O–H groups in total. The molecule has 1 atom stereocenters. The van der Waals surface area contributed by atoms with Gasteiger partial charge < -0.3 is 10.6 Å². The minimum absolute atomic E-state index is 0.00500. The third kappa shape index (κ3) is 4.21. The molecule has 0 saturated carbocycles. The van der Waals surface area contributed by atoms with Crippen LogP contribution in [0.3, 0.4) is 0 Å². The van der Waals surface area contributed by atoms with Crippen molar-refractivity contribution in [3.05, 3.63) is 71.5 Å². The van der Waals surface area contributed by atoms with Gasteiger partial charge in [-0.25, -0.2) is 9.37 Å². The van der Waals surface area contributed by atoms with Gasteiger partial charge in [-0.15, -0.1) is 0 Å². The van der Waals surface area contributed by atoms with Crippen molar-refractivity contribution in [1.82, 2.24) is 9.97 Å². The number of aromatic nitrogens is 2. The number of halogens is 1. The normalized spacial score (nSPS) is 11.6. The van der Waals surface area contributed by atoms with Gasteiger partial charge in [0.2, 0.25) is 5.95 Å². The Labute approximate surface area is 157 Å². The lowest BCUT2D eigenvalue weighted by molar-refractivity contribution is 0.624. The number of nitriles is 1. The van der Waals surface area contributed by atoms with Crippen molar-refractivity contribution in [2.75, 3.05) is 17.7 Å². The van der Waals surface area contributed by atoms with Crippen molar-refractivity contribution in [2.24, 2.45) is 0 Å². The molecule has 1 unspecified atom stereocenters. The van der Waals surface area contributed by atoms with E-state index in [0.29, 0.717) is 17.1 Å². The van der Waals surface area contributed by atoms with Crippen molar-refractivity contribution < 1.29 is 4.39 Å². The largest absolute Gasteiger partial charge is 0.368 e. The van der Waals surface area contributed by atoms with Crippen LogP contribution in [0.2, 0.25) is 0 Å². The number of benzene rings is 2. The Morgan fingerprint density at radius 2 is 1.89 bits per heavy atom. The number of nitrogens with zero attached hydrogens (tertiary/aromatic N) is 4. The Bertz CT molecular complexity index is 982. The maximum absolute atomic E-state index is 14.0. The predicted octanol–water partition coefficient (Wildman–Crippen LogP) is 3.80. The molecular formula is C21H20FN5. The van der Waals surface area contributed by atoms with Gasteiger partial charge >= 0.3 is 0 Å². The lowest BCUT2D eigenvalue weighted by Gasteiger charge is -2.26. The van der Waals surface area contributed by atoms with E-state index in [4.69, 9.17) is 11.0 Å². The maximum Gasteiger partial charge on any atom is 0.222 e. The van der Waals surface area contributed by atoms with E-state index in [-0.39, 0.29) is 17.6 Å². The van der Waals surface area contributed by atoms with Crippen LogP contribution in [0.5, 0.6) is 0 Å². The van der Waals surface area contributed by atoms with Crippen LogP contribution in [0.25, 0.3) is 11.3 Å². The summed E-state index contributed by atoms with van der Waals surface area (Å²) in [6.07, 6.45) is 0.849. The van der Waals surface area contributed by atoms with E-state index >= 15 is 0 Å². The summed E-state index contributed by atoms with van der Waals surface area (Å²) in [4.78, 5) is 10.6. The summed E-state index contributed by atoms with van der Waals surface area (Å²) in [6, 6.07) is 18.3. The first-order valence-electron chi connectivity index (χ1n) is 8.59. The van der Waals surface area contributed by atoms with E-state index in [1.807, 2.05) is 36.2 Å². The Hall–Kier alpha value is -3.46. The second-order valence-electron chi connectivity index (χ2n) is 6.43. The third-order valence-electron chi connectivity index (χ3n) is 4.51. The van der Waals surface area contributed by atoms with Crippen LogP contribution in [-0.2, 0) is 6.42 Å². The van der Waals surface area contributed by atoms with Crippen molar-refractivity contribution in [3.8, 4) is 17.3 Å². The van der Waals surface area contributed by atoms with Crippen LogP contribution in [0.15, 0.2) is 54.6 Å². The third-order valence-corrected chi connectivity index (χ3v) is 4.51. The molecule has 0 radical (unpaired) electrons. The van der Waals surface area contributed by atoms with Crippen molar-refractivity contribution >= 4 is 11.8 Å². The first-order valence-corrected chi connectivity index (χ1v) is 8.59. The van der Waals surface area contributed by atoms with E-state index in [0.717, 1.165) is 6.42 Å². The molecule has 0 aliphatic heterocycles. The molecule has 5 nitrogen and oxygen atoms in total. The van der Waals surface area contributed by atoms with Gasteiger partial charge in [-0.1, -0.05) is 36.4 Å². The van der Waals surface area contributed by atoms with Gasteiger partial charge in [-0.3, -0.25) is 0 Å². The fraction of sp³-hybridized carbons (Fsp3) is 0.190. The average molecular weight is 361 g/mol. The van der Waals surface area contributed by atoms with Crippen LogP contribution in [0, 0.1) is 17.1 Å². The van der Waals surface area contributed by atoms with Gasteiger partial charge in [-0.05, 0) is 31.0 Å². The summed E-state index contributed by atoms with van der Waals surface area (Å²) in [7, 11) is 1.94. The van der Waals surface area contributed by atoms with Gasteiger partial charge in [0.15, 0.2) is 0 Å². The minimum atomic E-state index is -0.584. The molecule has 136 valence electrons. The smallest absolute Gasteiger partial charge is 0.222 e. The van der Waals surface area contributed by atoms with Crippen LogP contribution >= 0.6 is 0 Å². The molecule has 1 aromatic heterocycles. The quantitative estimate of drug-likeness (QED) is 0.748. The summed E-state index contributed by atoms with van der Waals surface area (Å²) in [5.41, 5.74) is 8.17. The predicted molar refractivity (Wildman–Crippen MR) is 105 cm³/mol. The number of likely N-dealkylation sites (N-methyl/N-ethyl adjacent to an activating group) is 1. The molecule has 3 rings (SSSR count). The van der Waals surface area contributed by atoms with Crippen molar-refractivity contribution in [2.45, 2.75) is 19.4 Å². The fourth-order valence-corrected chi connectivity index (χ4v) is 2.86. The minimum Gasteiger partial charge on any atom is -0.368 e. The molecule has 0 saturated heterocycles. The first kappa shape index (κ1) is 18.3. The van der Waals surface area contributed by atoms with Gasteiger partial charge in [0, 0.05) is 24.7 Å². The number of nitrogen functional groups attached to an aromatic ring is 1. The lowest BCUT2D eigenvalue weighted by Crippen LogP contribution is -2.31.